The molecule has 2 aliphatic rings. The molecule has 29 heavy (non-hydrogen) atoms. The predicted octanol–water partition coefficient (Wildman–Crippen LogP) is 2.26. The summed E-state index contributed by atoms with van der Waals surface area (Å²) in [6.07, 6.45) is 4.90. The van der Waals surface area contributed by atoms with Crippen LogP contribution in [0.5, 0.6) is 11.5 Å². The van der Waals surface area contributed by atoms with Crippen molar-refractivity contribution in [1.29, 1.82) is 0 Å². The lowest BCUT2D eigenvalue weighted by Crippen LogP contribution is -2.42. The summed E-state index contributed by atoms with van der Waals surface area (Å²) in [6, 6.07) is 7.37. The topological polar surface area (TPSA) is 67.8 Å². The zero-order valence-corrected chi connectivity index (χ0v) is 17.1. The monoisotopic (exact) mass is 396 g/mol. The van der Waals surface area contributed by atoms with Crippen LogP contribution in [0.3, 0.4) is 0 Å². The number of aromatic nitrogens is 2. The van der Waals surface area contributed by atoms with E-state index in [0.717, 1.165) is 50.4 Å². The van der Waals surface area contributed by atoms with Gasteiger partial charge < -0.3 is 19.3 Å². The first-order chi connectivity index (χ1) is 14.1. The molecule has 0 N–H and O–H groups in total. The minimum Gasteiger partial charge on any atom is -0.493 e. The Morgan fingerprint density at radius 1 is 1.24 bits per heavy atom. The van der Waals surface area contributed by atoms with Gasteiger partial charge in [-0.25, -0.2) is 9.97 Å². The number of amides is 1. The average Bonchev–Trinajstić information content (AvgIpc) is 2.77. The molecular weight excluding hydrogens is 368 g/mol. The molecule has 0 aliphatic carbocycles. The van der Waals surface area contributed by atoms with Crippen LogP contribution in [-0.4, -0.2) is 66.1 Å². The molecule has 2 aromatic rings. The lowest BCUT2D eigenvalue weighted by Gasteiger charge is -2.32. The predicted molar refractivity (Wildman–Crippen MR) is 109 cm³/mol. The fourth-order valence-corrected chi connectivity index (χ4v) is 4.05. The van der Waals surface area contributed by atoms with E-state index in [-0.39, 0.29) is 18.4 Å². The van der Waals surface area contributed by atoms with Crippen molar-refractivity contribution in [3.63, 3.8) is 0 Å². The molecular formula is C22H28N4O3. The Labute approximate surface area is 171 Å². The van der Waals surface area contributed by atoms with Gasteiger partial charge in [-0.2, -0.15) is 0 Å². The van der Waals surface area contributed by atoms with Crippen molar-refractivity contribution in [2.75, 3.05) is 40.4 Å². The first kappa shape index (κ1) is 19.6. The molecule has 1 aromatic heterocycles. The first-order valence-corrected chi connectivity index (χ1v) is 10.2. The minimum absolute atomic E-state index is 0.00444. The highest BCUT2D eigenvalue weighted by Crippen LogP contribution is 2.28. The minimum atomic E-state index is -0.0137. The molecule has 1 atom stereocenters. The van der Waals surface area contributed by atoms with E-state index >= 15 is 0 Å². The average molecular weight is 396 g/mol. The molecule has 1 amide bonds. The van der Waals surface area contributed by atoms with Crippen LogP contribution in [0.4, 0.5) is 0 Å². The van der Waals surface area contributed by atoms with Crippen LogP contribution in [0.1, 0.15) is 35.8 Å². The van der Waals surface area contributed by atoms with Gasteiger partial charge in [0.25, 0.3) is 5.91 Å². The van der Waals surface area contributed by atoms with Crippen LogP contribution >= 0.6 is 0 Å². The van der Waals surface area contributed by atoms with E-state index in [9.17, 15) is 4.79 Å². The molecule has 0 bridgehead atoms. The highest BCUT2D eigenvalue weighted by Gasteiger charge is 2.28. The van der Waals surface area contributed by atoms with Crippen molar-refractivity contribution in [2.24, 2.45) is 0 Å². The summed E-state index contributed by atoms with van der Waals surface area (Å²) in [5.41, 5.74) is 2.38. The Balaban J connectivity index is 1.38. The van der Waals surface area contributed by atoms with Gasteiger partial charge in [0.2, 0.25) is 0 Å². The third kappa shape index (κ3) is 4.50. The van der Waals surface area contributed by atoms with Crippen molar-refractivity contribution >= 4 is 5.91 Å². The van der Waals surface area contributed by atoms with Crippen LogP contribution in [-0.2, 0) is 17.8 Å². The Hall–Kier alpha value is -2.67. The van der Waals surface area contributed by atoms with E-state index in [1.54, 1.807) is 7.11 Å². The number of likely N-dealkylation sites (N-methyl/N-ethyl adjacent to an activating group) is 1. The van der Waals surface area contributed by atoms with Crippen LogP contribution in [0, 0.1) is 0 Å². The molecule has 0 radical (unpaired) electrons. The number of hydrogen-bond acceptors (Lipinski definition) is 6. The largest absolute Gasteiger partial charge is 0.493 e. The van der Waals surface area contributed by atoms with Gasteiger partial charge in [0, 0.05) is 56.0 Å². The molecule has 1 saturated heterocycles. The molecule has 1 aromatic carbocycles. The lowest BCUT2D eigenvalue weighted by molar-refractivity contribution is -0.134. The van der Waals surface area contributed by atoms with E-state index in [4.69, 9.17) is 14.5 Å². The second kappa shape index (κ2) is 8.78. The number of likely N-dealkylation sites (tertiary alicyclic amines) is 1. The molecule has 4 rings (SSSR count). The SMILES string of the molecule is COc1ccccc1OCC(=O)N1CCC[C@H](c2ncc3c(n2)CCN(C)C3)C1. The Kier molecular flexibility index (Phi) is 5.94. The van der Waals surface area contributed by atoms with Gasteiger partial charge >= 0.3 is 0 Å². The highest BCUT2D eigenvalue weighted by molar-refractivity contribution is 5.78. The standard InChI is InChI=1S/C22H28N4O3/c1-25-11-9-18-17(13-25)12-23-22(24-18)16-6-5-10-26(14-16)21(27)15-29-20-8-4-3-7-19(20)28-2/h3-4,7-8,12,16H,5-6,9-11,13-15H2,1-2H3/t16-/m0/s1. The van der Waals surface area contributed by atoms with Gasteiger partial charge in [-0.3, -0.25) is 4.79 Å². The maximum absolute atomic E-state index is 12.7. The number of carbonyl (C=O) groups is 1. The number of para-hydroxylation sites is 2. The van der Waals surface area contributed by atoms with Gasteiger partial charge in [-0.1, -0.05) is 12.1 Å². The molecule has 154 valence electrons. The summed E-state index contributed by atoms with van der Waals surface area (Å²) < 4.78 is 11.0. The number of rotatable bonds is 5. The number of methoxy groups -OCH3 is 1. The number of ether oxygens (including phenoxy) is 2. The summed E-state index contributed by atoms with van der Waals surface area (Å²) in [5.74, 6) is 2.25. The van der Waals surface area contributed by atoms with Gasteiger partial charge in [0.1, 0.15) is 5.82 Å². The number of benzene rings is 1. The normalized spacial score (nSPS) is 19.5. The summed E-state index contributed by atoms with van der Waals surface area (Å²) in [5, 5.41) is 0. The summed E-state index contributed by atoms with van der Waals surface area (Å²) >= 11 is 0. The zero-order valence-electron chi connectivity index (χ0n) is 17.1. The molecule has 0 unspecified atom stereocenters. The molecule has 7 nitrogen and oxygen atoms in total. The number of carbonyl (C=O) groups excluding carboxylic acids is 1. The second-order valence-electron chi connectivity index (χ2n) is 7.81. The number of hydrogen-bond donors (Lipinski definition) is 0. The maximum Gasteiger partial charge on any atom is 0.260 e. The third-order valence-corrected chi connectivity index (χ3v) is 5.70. The van der Waals surface area contributed by atoms with E-state index in [2.05, 4.69) is 16.9 Å². The summed E-state index contributed by atoms with van der Waals surface area (Å²) in [4.78, 5) is 26.4. The smallest absolute Gasteiger partial charge is 0.260 e. The van der Waals surface area contributed by atoms with Gasteiger partial charge in [0.15, 0.2) is 18.1 Å². The van der Waals surface area contributed by atoms with Gasteiger partial charge in [0.05, 0.1) is 7.11 Å². The molecule has 0 saturated carbocycles. The van der Waals surface area contributed by atoms with Crippen molar-refractivity contribution in [3.05, 3.63) is 47.5 Å². The lowest BCUT2D eigenvalue weighted by atomic mass is 9.96. The number of fused-ring (bicyclic) bond motifs is 1. The van der Waals surface area contributed by atoms with Crippen LogP contribution in [0.15, 0.2) is 30.5 Å². The third-order valence-electron chi connectivity index (χ3n) is 5.70. The summed E-state index contributed by atoms with van der Waals surface area (Å²) in [7, 11) is 3.71. The van der Waals surface area contributed by atoms with Crippen LogP contribution in [0.2, 0.25) is 0 Å². The van der Waals surface area contributed by atoms with Crippen molar-refractivity contribution in [3.8, 4) is 11.5 Å². The van der Waals surface area contributed by atoms with E-state index in [1.165, 1.54) is 5.56 Å². The van der Waals surface area contributed by atoms with E-state index in [0.29, 0.717) is 18.0 Å². The second-order valence-corrected chi connectivity index (χ2v) is 7.81. The fraction of sp³-hybridized carbons (Fsp3) is 0.500. The van der Waals surface area contributed by atoms with Crippen LogP contribution < -0.4 is 9.47 Å². The molecule has 2 aliphatic heterocycles. The summed E-state index contributed by atoms with van der Waals surface area (Å²) in [6.45, 7) is 3.34. The molecule has 3 heterocycles. The Bertz CT molecular complexity index is 873. The first-order valence-electron chi connectivity index (χ1n) is 10.2. The van der Waals surface area contributed by atoms with Crippen molar-refractivity contribution in [2.45, 2.75) is 31.7 Å². The quantitative estimate of drug-likeness (QED) is 0.772. The van der Waals surface area contributed by atoms with Gasteiger partial charge in [-0.15, -0.1) is 0 Å². The highest BCUT2D eigenvalue weighted by atomic mass is 16.5. The molecule has 1 fully saturated rings. The maximum atomic E-state index is 12.7. The molecule has 7 heteroatoms. The van der Waals surface area contributed by atoms with E-state index < -0.39 is 0 Å². The van der Waals surface area contributed by atoms with E-state index in [1.807, 2.05) is 35.4 Å². The van der Waals surface area contributed by atoms with Gasteiger partial charge in [-0.05, 0) is 32.0 Å². The van der Waals surface area contributed by atoms with Crippen LogP contribution in [0.25, 0.3) is 0 Å². The van der Waals surface area contributed by atoms with Crippen molar-refractivity contribution < 1.29 is 14.3 Å². The van der Waals surface area contributed by atoms with Crippen molar-refractivity contribution in [1.82, 2.24) is 19.8 Å². The Morgan fingerprint density at radius 3 is 2.90 bits per heavy atom. The zero-order chi connectivity index (χ0) is 20.2. The number of piperidine rings is 1. The number of nitrogens with zero attached hydrogens (tertiary/aromatic N) is 4. The Morgan fingerprint density at radius 2 is 2.07 bits per heavy atom. The molecule has 0 spiro atoms. The fourth-order valence-electron chi connectivity index (χ4n) is 4.05.